The first-order valence-electron chi connectivity index (χ1n) is 7.24. The van der Waals surface area contributed by atoms with Crippen LogP contribution in [0.1, 0.15) is 27.2 Å². The van der Waals surface area contributed by atoms with Crippen LogP contribution in [0.3, 0.4) is 0 Å². The van der Waals surface area contributed by atoms with Crippen molar-refractivity contribution in [2.24, 2.45) is 11.1 Å². The van der Waals surface area contributed by atoms with E-state index in [1.54, 1.807) is 6.07 Å². The third-order valence-electron chi connectivity index (χ3n) is 4.08. The largest absolute Gasteiger partial charge is 0.362 e. The molecule has 1 aromatic carbocycles. The lowest BCUT2D eigenvalue weighted by atomic mass is 9.78. The predicted octanol–water partition coefficient (Wildman–Crippen LogP) is 3.51. The van der Waals surface area contributed by atoms with Crippen molar-refractivity contribution in [2.75, 3.05) is 29.5 Å². The molecule has 2 rings (SSSR count). The normalized spacial score (nSPS) is 25.4. The Morgan fingerprint density at radius 1 is 1.30 bits per heavy atom. The minimum absolute atomic E-state index is 0.149. The van der Waals surface area contributed by atoms with Gasteiger partial charge in [0, 0.05) is 18.8 Å². The molecule has 1 atom stereocenters. The van der Waals surface area contributed by atoms with E-state index in [2.05, 4.69) is 25.7 Å². The van der Waals surface area contributed by atoms with Crippen molar-refractivity contribution in [1.82, 2.24) is 0 Å². The fraction of sp³-hybridized carbons (Fsp3) is 0.625. The van der Waals surface area contributed by atoms with Crippen molar-refractivity contribution in [3.8, 4) is 0 Å². The van der Waals surface area contributed by atoms with E-state index in [-0.39, 0.29) is 16.8 Å². The Bertz CT molecular complexity index is 464. The molecular weight excluding hydrogens is 271 g/mol. The lowest BCUT2D eigenvalue weighted by Gasteiger charge is -2.51. The summed E-state index contributed by atoms with van der Waals surface area (Å²) in [6.07, 6.45) is 1.01. The molecule has 1 fully saturated rings. The van der Waals surface area contributed by atoms with Gasteiger partial charge >= 0.3 is 0 Å². The van der Waals surface area contributed by atoms with Crippen LogP contribution in [0.25, 0.3) is 0 Å². The van der Waals surface area contributed by atoms with Gasteiger partial charge in [-0.2, -0.15) is 11.8 Å². The zero-order valence-electron chi connectivity index (χ0n) is 12.7. The SMILES string of the molecule is CCN(c1ccccc1F)C1(CN)CSCC(C)(C)C1. The minimum Gasteiger partial charge on any atom is -0.362 e. The Hall–Kier alpha value is -0.740. The predicted molar refractivity (Wildman–Crippen MR) is 86.9 cm³/mol. The van der Waals surface area contributed by atoms with Crippen molar-refractivity contribution in [1.29, 1.82) is 0 Å². The summed E-state index contributed by atoms with van der Waals surface area (Å²) in [6, 6.07) is 7.03. The first kappa shape index (κ1) is 15.6. The average molecular weight is 296 g/mol. The summed E-state index contributed by atoms with van der Waals surface area (Å²) >= 11 is 1.93. The molecule has 1 aliphatic rings. The Balaban J connectivity index is 2.40. The molecule has 0 saturated carbocycles. The molecule has 0 aliphatic carbocycles. The third-order valence-corrected chi connectivity index (χ3v) is 5.81. The highest BCUT2D eigenvalue weighted by Gasteiger charge is 2.44. The molecule has 1 aliphatic heterocycles. The molecule has 0 bridgehead atoms. The topological polar surface area (TPSA) is 29.3 Å². The van der Waals surface area contributed by atoms with Crippen molar-refractivity contribution in [3.63, 3.8) is 0 Å². The first-order valence-corrected chi connectivity index (χ1v) is 8.39. The zero-order valence-corrected chi connectivity index (χ0v) is 13.5. The molecule has 1 saturated heterocycles. The summed E-state index contributed by atoms with van der Waals surface area (Å²) in [5.74, 6) is 1.95. The van der Waals surface area contributed by atoms with Gasteiger partial charge in [0.2, 0.25) is 0 Å². The van der Waals surface area contributed by atoms with Gasteiger partial charge in [0.15, 0.2) is 0 Å². The molecule has 1 aromatic rings. The smallest absolute Gasteiger partial charge is 0.146 e. The summed E-state index contributed by atoms with van der Waals surface area (Å²) < 4.78 is 14.2. The van der Waals surface area contributed by atoms with Crippen LogP contribution in [-0.2, 0) is 0 Å². The number of hydrogen-bond acceptors (Lipinski definition) is 3. The van der Waals surface area contributed by atoms with Gasteiger partial charge in [-0.3, -0.25) is 0 Å². The second kappa shape index (κ2) is 5.94. The van der Waals surface area contributed by atoms with Gasteiger partial charge in [-0.15, -0.1) is 0 Å². The quantitative estimate of drug-likeness (QED) is 0.922. The molecule has 0 radical (unpaired) electrons. The maximum Gasteiger partial charge on any atom is 0.146 e. The Morgan fingerprint density at radius 2 is 2.00 bits per heavy atom. The number of nitrogens with zero attached hydrogens (tertiary/aromatic N) is 1. The zero-order chi connectivity index (χ0) is 14.8. The van der Waals surface area contributed by atoms with Gasteiger partial charge in [0.05, 0.1) is 11.2 Å². The van der Waals surface area contributed by atoms with E-state index in [0.29, 0.717) is 12.2 Å². The fourth-order valence-electron chi connectivity index (χ4n) is 3.36. The highest BCUT2D eigenvalue weighted by Crippen LogP contribution is 2.43. The van der Waals surface area contributed by atoms with Crippen LogP contribution in [0.2, 0.25) is 0 Å². The molecule has 2 nitrogen and oxygen atoms in total. The molecule has 2 N–H and O–H groups in total. The van der Waals surface area contributed by atoms with Crippen LogP contribution in [0, 0.1) is 11.2 Å². The molecule has 0 aromatic heterocycles. The molecular formula is C16H25FN2S. The number of anilines is 1. The Morgan fingerprint density at radius 3 is 2.55 bits per heavy atom. The highest BCUT2D eigenvalue weighted by molar-refractivity contribution is 7.99. The second-order valence-corrected chi connectivity index (χ2v) is 7.44. The number of halogens is 1. The van der Waals surface area contributed by atoms with E-state index >= 15 is 0 Å². The molecule has 0 amide bonds. The molecule has 0 spiro atoms. The summed E-state index contributed by atoms with van der Waals surface area (Å²) in [4.78, 5) is 2.18. The van der Waals surface area contributed by atoms with Gasteiger partial charge in [0.25, 0.3) is 0 Å². The number of likely N-dealkylation sites (N-methyl/N-ethyl adjacent to an activating group) is 1. The minimum atomic E-state index is -0.157. The number of benzene rings is 1. The van der Waals surface area contributed by atoms with Crippen LogP contribution in [0.4, 0.5) is 10.1 Å². The average Bonchev–Trinajstić information content (AvgIpc) is 2.40. The van der Waals surface area contributed by atoms with Crippen molar-refractivity contribution >= 4 is 17.4 Å². The summed E-state index contributed by atoms with van der Waals surface area (Å²) in [6.45, 7) is 7.97. The van der Waals surface area contributed by atoms with Gasteiger partial charge in [0.1, 0.15) is 5.82 Å². The number of hydrogen-bond donors (Lipinski definition) is 1. The van der Waals surface area contributed by atoms with E-state index < -0.39 is 0 Å². The summed E-state index contributed by atoms with van der Waals surface area (Å²) in [5.41, 5.74) is 6.91. The highest BCUT2D eigenvalue weighted by atomic mass is 32.2. The Kier molecular flexibility index (Phi) is 4.65. The summed E-state index contributed by atoms with van der Waals surface area (Å²) in [7, 11) is 0. The van der Waals surface area contributed by atoms with Crippen LogP contribution in [0.15, 0.2) is 24.3 Å². The maximum atomic E-state index is 14.2. The molecule has 4 heteroatoms. The van der Waals surface area contributed by atoms with Crippen molar-refractivity contribution < 1.29 is 4.39 Å². The van der Waals surface area contributed by atoms with E-state index in [1.807, 2.05) is 23.9 Å². The van der Waals surface area contributed by atoms with E-state index in [1.165, 1.54) is 6.07 Å². The molecule has 1 heterocycles. The standard InChI is InChI=1S/C16H25FN2S/c1-4-19(14-8-6-5-7-13(14)17)16(10-18)9-15(2,3)11-20-12-16/h5-8H,4,9-12,18H2,1-3H3. The maximum absolute atomic E-state index is 14.2. The Labute approximate surface area is 125 Å². The monoisotopic (exact) mass is 296 g/mol. The second-order valence-electron chi connectivity index (χ2n) is 6.46. The number of para-hydroxylation sites is 1. The van der Waals surface area contributed by atoms with Crippen LogP contribution in [-0.4, -0.2) is 30.1 Å². The number of thioether (sulfide) groups is 1. The van der Waals surface area contributed by atoms with Crippen molar-refractivity contribution in [2.45, 2.75) is 32.7 Å². The van der Waals surface area contributed by atoms with Gasteiger partial charge < -0.3 is 10.6 Å². The first-order chi connectivity index (χ1) is 9.44. The van der Waals surface area contributed by atoms with E-state index in [4.69, 9.17) is 5.73 Å². The lowest BCUT2D eigenvalue weighted by Crippen LogP contribution is -2.60. The lowest BCUT2D eigenvalue weighted by molar-refractivity contribution is 0.259. The summed E-state index contributed by atoms with van der Waals surface area (Å²) in [5, 5.41) is 0. The molecule has 112 valence electrons. The van der Waals surface area contributed by atoms with Crippen molar-refractivity contribution in [3.05, 3.63) is 30.1 Å². The van der Waals surface area contributed by atoms with Crippen LogP contribution in [0.5, 0.6) is 0 Å². The van der Waals surface area contributed by atoms with E-state index in [0.717, 1.165) is 24.5 Å². The van der Waals surface area contributed by atoms with Crippen LogP contribution < -0.4 is 10.6 Å². The molecule has 20 heavy (non-hydrogen) atoms. The number of nitrogens with two attached hydrogens (primary N) is 1. The van der Waals surface area contributed by atoms with Gasteiger partial charge in [-0.1, -0.05) is 26.0 Å². The van der Waals surface area contributed by atoms with Gasteiger partial charge in [-0.25, -0.2) is 4.39 Å². The fourth-order valence-corrected chi connectivity index (χ4v) is 4.87. The number of rotatable bonds is 4. The van der Waals surface area contributed by atoms with Crippen LogP contribution >= 0.6 is 11.8 Å². The van der Waals surface area contributed by atoms with E-state index in [9.17, 15) is 4.39 Å². The van der Waals surface area contributed by atoms with Gasteiger partial charge in [-0.05, 0) is 36.6 Å². The molecule has 1 unspecified atom stereocenters. The third kappa shape index (κ3) is 2.96.